The van der Waals surface area contributed by atoms with Crippen LogP contribution in [0.15, 0.2) is 6.20 Å². The number of aromatic nitrogens is 1. The van der Waals surface area contributed by atoms with Gasteiger partial charge in [0.1, 0.15) is 5.82 Å². The Morgan fingerprint density at radius 1 is 1.38 bits per heavy atom. The van der Waals surface area contributed by atoms with E-state index in [1.54, 1.807) is 4.90 Å². The van der Waals surface area contributed by atoms with Crippen molar-refractivity contribution in [2.45, 2.75) is 38.3 Å². The van der Waals surface area contributed by atoms with E-state index in [0.717, 1.165) is 12.8 Å². The number of carbonyl (C=O) groups is 2. The van der Waals surface area contributed by atoms with Crippen molar-refractivity contribution in [2.24, 2.45) is 0 Å². The predicted octanol–water partition coefficient (Wildman–Crippen LogP) is 0.267. The molecule has 0 spiro atoms. The molecule has 2 aliphatic rings. The van der Waals surface area contributed by atoms with Gasteiger partial charge in [0.25, 0.3) is 0 Å². The molecule has 0 radical (unpaired) electrons. The van der Waals surface area contributed by atoms with E-state index in [0.29, 0.717) is 13.1 Å². The summed E-state index contributed by atoms with van der Waals surface area (Å²) in [4.78, 5) is 32.8. The van der Waals surface area contributed by atoms with E-state index in [9.17, 15) is 9.59 Å². The molecule has 1 aromatic heterocycles. The Labute approximate surface area is 152 Å². The minimum atomic E-state index is -0.766. The van der Waals surface area contributed by atoms with Crippen molar-refractivity contribution in [3.05, 3.63) is 11.8 Å². The second-order valence-electron chi connectivity index (χ2n) is 7.27. The number of rotatable bonds is 3. The average Bonchev–Trinajstić information content (AvgIpc) is 3.35. The van der Waals surface area contributed by atoms with Crippen LogP contribution in [0.5, 0.6) is 0 Å². The van der Waals surface area contributed by atoms with Crippen LogP contribution in [-0.2, 0) is 9.59 Å². The molecular formula is C17H25N7O2. The summed E-state index contributed by atoms with van der Waals surface area (Å²) < 4.78 is 0. The van der Waals surface area contributed by atoms with E-state index in [1.165, 1.54) is 19.0 Å². The number of hydrogen-bond donors (Lipinski definition) is 4. The molecule has 2 fully saturated rings. The number of nitrogen functional groups attached to an aromatic ring is 2. The van der Waals surface area contributed by atoms with Crippen LogP contribution in [-0.4, -0.2) is 64.0 Å². The lowest BCUT2D eigenvalue weighted by atomic mass is 10.1. The lowest BCUT2D eigenvalue weighted by molar-refractivity contribution is -0.145. The van der Waals surface area contributed by atoms with Gasteiger partial charge in [-0.2, -0.15) is 0 Å². The maximum Gasteiger partial charge on any atom is 0.314 e. The zero-order valence-corrected chi connectivity index (χ0v) is 15.1. The van der Waals surface area contributed by atoms with E-state index >= 15 is 0 Å². The van der Waals surface area contributed by atoms with Crippen LogP contribution in [0.2, 0.25) is 0 Å². The molecule has 1 saturated heterocycles. The highest BCUT2D eigenvalue weighted by Gasteiger charge is 2.47. The van der Waals surface area contributed by atoms with Gasteiger partial charge in [0, 0.05) is 37.4 Å². The molecule has 9 nitrogen and oxygen atoms in total. The van der Waals surface area contributed by atoms with Gasteiger partial charge in [-0.15, -0.1) is 0 Å². The third-order valence-corrected chi connectivity index (χ3v) is 5.36. The molecule has 2 heterocycles. The summed E-state index contributed by atoms with van der Waals surface area (Å²) in [5.41, 5.74) is 12.3. The van der Waals surface area contributed by atoms with Crippen molar-refractivity contribution in [1.82, 2.24) is 14.8 Å². The van der Waals surface area contributed by atoms with Crippen LogP contribution in [0.4, 0.5) is 17.2 Å². The highest BCUT2D eigenvalue weighted by molar-refractivity contribution is 6.40. The van der Waals surface area contributed by atoms with E-state index in [1.807, 2.05) is 0 Å². The van der Waals surface area contributed by atoms with Gasteiger partial charge in [-0.1, -0.05) is 0 Å². The monoisotopic (exact) mass is 359 g/mol. The van der Waals surface area contributed by atoms with E-state index < -0.39 is 11.8 Å². The first kappa shape index (κ1) is 18.1. The first-order valence-corrected chi connectivity index (χ1v) is 8.68. The molecule has 1 aromatic rings. The van der Waals surface area contributed by atoms with Crippen molar-refractivity contribution in [2.75, 3.05) is 36.4 Å². The van der Waals surface area contributed by atoms with Crippen LogP contribution in [0.1, 0.15) is 32.3 Å². The molecule has 2 amide bonds. The van der Waals surface area contributed by atoms with Crippen LogP contribution in [0, 0.1) is 5.41 Å². The number of piperazine rings is 1. The summed E-state index contributed by atoms with van der Waals surface area (Å²) in [6, 6.07) is 0.209. The predicted molar refractivity (Wildman–Crippen MR) is 100.0 cm³/mol. The molecule has 0 bridgehead atoms. The molecule has 1 unspecified atom stereocenters. The first-order chi connectivity index (χ1) is 12.3. The molecule has 26 heavy (non-hydrogen) atoms. The van der Waals surface area contributed by atoms with Gasteiger partial charge in [0.15, 0.2) is 0 Å². The Morgan fingerprint density at radius 3 is 2.65 bits per heavy atom. The average molecular weight is 359 g/mol. The molecule has 6 N–H and O–H groups in total. The van der Waals surface area contributed by atoms with Gasteiger partial charge in [-0.25, -0.2) is 4.98 Å². The van der Waals surface area contributed by atoms with Gasteiger partial charge >= 0.3 is 11.8 Å². The van der Waals surface area contributed by atoms with Gasteiger partial charge in [-0.05, 0) is 26.7 Å². The minimum absolute atomic E-state index is 0.0975. The summed E-state index contributed by atoms with van der Waals surface area (Å²) in [5.74, 6) is -1.26. The van der Waals surface area contributed by atoms with Crippen LogP contribution >= 0.6 is 0 Å². The summed E-state index contributed by atoms with van der Waals surface area (Å²) in [7, 11) is 0. The summed E-state index contributed by atoms with van der Waals surface area (Å²) >= 11 is 0. The van der Waals surface area contributed by atoms with E-state index in [4.69, 9.17) is 16.9 Å². The topological polar surface area (TPSA) is 141 Å². The first-order valence-electron chi connectivity index (χ1n) is 8.68. The summed E-state index contributed by atoms with van der Waals surface area (Å²) in [6.07, 6.45) is 4.63. The molecule has 1 saturated carbocycles. The molecule has 0 aromatic carbocycles. The minimum Gasteiger partial charge on any atom is -0.396 e. The van der Waals surface area contributed by atoms with Gasteiger partial charge < -0.3 is 27.1 Å². The fourth-order valence-corrected chi connectivity index (χ4v) is 3.54. The Hall–Kier alpha value is -2.68. The van der Waals surface area contributed by atoms with Crippen molar-refractivity contribution in [3.8, 4) is 0 Å². The lowest BCUT2D eigenvalue weighted by Gasteiger charge is -2.43. The van der Waals surface area contributed by atoms with E-state index in [-0.39, 0.29) is 34.3 Å². The number of nitrogens with one attached hydrogen (secondary N) is 2. The SMILES string of the molecule is CC1CN(C(=O)C(=O)Nc2cnc(N)c(C=N)c2N)CCN1C1(C)CC1. The smallest absolute Gasteiger partial charge is 0.314 e. The fourth-order valence-electron chi connectivity index (χ4n) is 3.54. The molecule has 9 heteroatoms. The van der Waals surface area contributed by atoms with Crippen LogP contribution < -0.4 is 16.8 Å². The fraction of sp³-hybridized carbons (Fsp3) is 0.529. The Morgan fingerprint density at radius 2 is 2.08 bits per heavy atom. The second-order valence-corrected chi connectivity index (χ2v) is 7.27. The number of carbonyl (C=O) groups excluding carboxylic acids is 2. The Balaban J connectivity index is 1.66. The highest BCUT2D eigenvalue weighted by atomic mass is 16.2. The summed E-state index contributed by atoms with van der Waals surface area (Å²) in [5, 5.41) is 9.82. The lowest BCUT2D eigenvalue weighted by Crippen LogP contribution is -2.58. The Kier molecular flexibility index (Phi) is 4.57. The van der Waals surface area contributed by atoms with Gasteiger partial charge in [0.05, 0.1) is 23.1 Å². The molecule has 140 valence electrons. The zero-order valence-electron chi connectivity index (χ0n) is 15.1. The number of nitrogens with zero attached hydrogens (tertiary/aromatic N) is 3. The number of pyridine rings is 1. The Bertz CT molecular complexity index is 760. The van der Waals surface area contributed by atoms with Crippen LogP contribution in [0.25, 0.3) is 0 Å². The molecule has 1 aliphatic carbocycles. The zero-order chi connectivity index (χ0) is 19.1. The quantitative estimate of drug-likeness (QED) is 0.451. The summed E-state index contributed by atoms with van der Waals surface area (Å²) in [6.45, 7) is 6.13. The molecule has 1 aliphatic heterocycles. The van der Waals surface area contributed by atoms with Crippen molar-refractivity contribution in [1.29, 1.82) is 5.41 Å². The third kappa shape index (κ3) is 3.22. The number of hydrogen-bond acceptors (Lipinski definition) is 7. The molecular weight excluding hydrogens is 334 g/mol. The molecule has 1 atom stereocenters. The standard InChI is InChI=1S/C17H25N7O2/c1-10-9-23(5-6-24(10)17(2)3-4-17)16(26)15(25)22-12-8-21-14(20)11(7-18)13(12)19/h7-8,10,18H,3-6,9H2,1-2H3,(H,22,25)(H4,19,20,21). The normalized spacial score (nSPS) is 21.9. The van der Waals surface area contributed by atoms with Gasteiger partial charge in [-0.3, -0.25) is 14.5 Å². The maximum atomic E-state index is 12.5. The number of nitrogens with two attached hydrogens (primary N) is 2. The largest absolute Gasteiger partial charge is 0.396 e. The van der Waals surface area contributed by atoms with Crippen molar-refractivity contribution >= 4 is 35.2 Å². The highest BCUT2D eigenvalue weighted by Crippen LogP contribution is 2.42. The van der Waals surface area contributed by atoms with Crippen molar-refractivity contribution in [3.63, 3.8) is 0 Å². The van der Waals surface area contributed by atoms with Crippen molar-refractivity contribution < 1.29 is 9.59 Å². The maximum absolute atomic E-state index is 12.5. The number of anilines is 3. The molecule has 3 rings (SSSR count). The van der Waals surface area contributed by atoms with E-state index in [2.05, 4.69) is 29.0 Å². The number of amides is 2. The second kappa shape index (κ2) is 6.56. The van der Waals surface area contributed by atoms with Crippen LogP contribution in [0.3, 0.4) is 0 Å². The van der Waals surface area contributed by atoms with Gasteiger partial charge in [0.2, 0.25) is 0 Å². The third-order valence-electron chi connectivity index (χ3n) is 5.36.